The Morgan fingerprint density at radius 3 is 2.81 bits per heavy atom. The van der Waals surface area contributed by atoms with E-state index in [1.54, 1.807) is 0 Å². The molecule has 7 rings (SSSR count). The summed E-state index contributed by atoms with van der Waals surface area (Å²) in [4.78, 5) is 12.2. The summed E-state index contributed by atoms with van der Waals surface area (Å²) >= 11 is 0. The highest BCUT2D eigenvalue weighted by Gasteiger charge is 2.54. The van der Waals surface area contributed by atoms with Gasteiger partial charge in [-0.25, -0.2) is 4.98 Å². The standard InChI is InChI=1S/C24H28N8/c1-15-8-22(31-30-15)27-21-11-20-19(4-2-6-26-20)23(28-21)29-24-12-16-9-17(13-24)32(7-3-5-25)18(10-16)14-24/h2,4,6,8,11,16-18H,3,7,9-10,12-14H2,1H3,(H3,27,28,29,30,31). The molecule has 3 aromatic heterocycles. The Bertz CT molecular complexity index is 1180. The fourth-order valence-electron chi connectivity index (χ4n) is 6.50. The third-order valence-corrected chi connectivity index (χ3v) is 7.51. The molecule has 4 bridgehead atoms. The molecule has 0 amide bonds. The van der Waals surface area contributed by atoms with E-state index < -0.39 is 0 Å². The quantitative estimate of drug-likeness (QED) is 0.542. The number of pyridine rings is 2. The van der Waals surface area contributed by atoms with Gasteiger partial charge in [0.1, 0.15) is 11.6 Å². The predicted octanol–water partition coefficient (Wildman–Crippen LogP) is 4.12. The van der Waals surface area contributed by atoms with E-state index >= 15 is 0 Å². The van der Waals surface area contributed by atoms with E-state index in [4.69, 9.17) is 10.2 Å². The van der Waals surface area contributed by atoms with Crippen molar-refractivity contribution in [2.24, 2.45) is 5.92 Å². The van der Waals surface area contributed by atoms with Crippen molar-refractivity contribution in [1.82, 2.24) is 25.1 Å². The lowest BCUT2D eigenvalue weighted by Crippen LogP contribution is -2.66. The monoisotopic (exact) mass is 428 g/mol. The number of fused-ring (bicyclic) bond motifs is 1. The van der Waals surface area contributed by atoms with E-state index in [0.717, 1.165) is 59.4 Å². The molecule has 2 unspecified atom stereocenters. The fraction of sp³-hybridized carbons (Fsp3) is 0.500. The van der Waals surface area contributed by atoms with Crippen LogP contribution >= 0.6 is 0 Å². The zero-order valence-corrected chi connectivity index (χ0v) is 18.3. The summed E-state index contributed by atoms with van der Waals surface area (Å²) in [7, 11) is 0. The highest BCUT2D eigenvalue weighted by Crippen LogP contribution is 2.52. The first-order valence-corrected chi connectivity index (χ1v) is 11.6. The van der Waals surface area contributed by atoms with Crippen LogP contribution in [-0.4, -0.2) is 49.2 Å². The average molecular weight is 429 g/mol. The first-order valence-electron chi connectivity index (χ1n) is 11.6. The van der Waals surface area contributed by atoms with Gasteiger partial charge in [-0.1, -0.05) is 0 Å². The summed E-state index contributed by atoms with van der Waals surface area (Å²) in [5, 5.41) is 24.6. The normalized spacial score (nSPS) is 28.7. The van der Waals surface area contributed by atoms with Crippen LogP contribution < -0.4 is 10.6 Å². The van der Waals surface area contributed by atoms with E-state index in [1.807, 2.05) is 31.3 Å². The van der Waals surface area contributed by atoms with Gasteiger partial charge in [0.2, 0.25) is 0 Å². The molecule has 2 aliphatic carbocycles. The summed E-state index contributed by atoms with van der Waals surface area (Å²) in [6.07, 6.45) is 8.41. The van der Waals surface area contributed by atoms with Gasteiger partial charge in [0, 0.05) is 60.0 Å². The van der Waals surface area contributed by atoms with Crippen LogP contribution in [-0.2, 0) is 0 Å². The van der Waals surface area contributed by atoms with Gasteiger partial charge < -0.3 is 10.6 Å². The molecule has 2 aliphatic heterocycles. The van der Waals surface area contributed by atoms with E-state index in [2.05, 4.69) is 42.9 Å². The largest absolute Gasteiger partial charge is 0.364 e. The van der Waals surface area contributed by atoms with Gasteiger partial charge in [0.25, 0.3) is 0 Å². The number of anilines is 3. The summed E-state index contributed by atoms with van der Waals surface area (Å²) in [5.74, 6) is 3.15. The Morgan fingerprint density at radius 2 is 2.06 bits per heavy atom. The number of H-pyrrole nitrogens is 1. The van der Waals surface area contributed by atoms with E-state index in [9.17, 15) is 0 Å². The maximum absolute atomic E-state index is 9.08. The van der Waals surface area contributed by atoms with Crippen molar-refractivity contribution in [3.05, 3.63) is 36.2 Å². The van der Waals surface area contributed by atoms with Crippen LogP contribution in [0.25, 0.3) is 10.9 Å². The number of hydrogen-bond acceptors (Lipinski definition) is 7. The lowest BCUT2D eigenvalue weighted by Gasteiger charge is -2.62. The van der Waals surface area contributed by atoms with Crippen molar-refractivity contribution in [3.63, 3.8) is 0 Å². The molecule has 8 heteroatoms. The van der Waals surface area contributed by atoms with Crippen molar-refractivity contribution < 1.29 is 0 Å². The van der Waals surface area contributed by atoms with Crippen LogP contribution in [0.5, 0.6) is 0 Å². The fourth-order valence-corrected chi connectivity index (χ4v) is 6.50. The zero-order chi connectivity index (χ0) is 21.7. The molecule has 5 heterocycles. The van der Waals surface area contributed by atoms with Gasteiger partial charge in [-0.15, -0.1) is 0 Å². The van der Waals surface area contributed by atoms with Crippen LogP contribution in [0.3, 0.4) is 0 Å². The minimum Gasteiger partial charge on any atom is -0.364 e. The third-order valence-electron chi connectivity index (χ3n) is 7.51. The smallest absolute Gasteiger partial charge is 0.153 e. The molecular formula is C24H28N8. The van der Waals surface area contributed by atoms with Crippen molar-refractivity contribution in [3.8, 4) is 6.07 Å². The molecular weight excluding hydrogens is 400 g/mol. The number of nitrogens with one attached hydrogen (secondary N) is 3. The molecule has 8 nitrogen and oxygen atoms in total. The predicted molar refractivity (Wildman–Crippen MR) is 124 cm³/mol. The third kappa shape index (κ3) is 3.37. The molecule has 4 aliphatic rings. The van der Waals surface area contributed by atoms with E-state index in [1.165, 1.54) is 19.3 Å². The Balaban J connectivity index is 1.32. The number of nitrogens with zero attached hydrogens (tertiary/aromatic N) is 5. The first-order chi connectivity index (χ1) is 15.6. The molecule has 0 spiro atoms. The lowest BCUT2D eigenvalue weighted by molar-refractivity contribution is -0.0626. The molecule has 3 N–H and O–H groups in total. The van der Waals surface area contributed by atoms with Crippen molar-refractivity contribution in [2.45, 2.75) is 63.1 Å². The molecule has 4 fully saturated rings. The Labute approximate surface area is 187 Å². The zero-order valence-electron chi connectivity index (χ0n) is 18.3. The van der Waals surface area contributed by atoms with Gasteiger partial charge in [-0.3, -0.25) is 15.0 Å². The van der Waals surface area contributed by atoms with Crippen LogP contribution in [0.1, 0.15) is 44.2 Å². The molecule has 3 aromatic rings. The molecule has 2 atom stereocenters. The lowest BCUT2D eigenvalue weighted by atomic mass is 9.59. The van der Waals surface area contributed by atoms with Crippen LogP contribution in [0.15, 0.2) is 30.5 Å². The van der Waals surface area contributed by atoms with E-state index in [-0.39, 0.29) is 5.54 Å². The minimum atomic E-state index is 0.0664. The number of aryl methyl sites for hydroxylation is 1. The SMILES string of the molecule is Cc1cc(Nc2cc3ncccc3c(NC34CC5CC(C3)N(CCC#N)C(C5)C4)n2)n[nH]1. The van der Waals surface area contributed by atoms with Crippen molar-refractivity contribution in [2.75, 3.05) is 17.2 Å². The summed E-state index contributed by atoms with van der Waals surface area (Å²) in [6.45, 7) is 2.88. The number of nitriles is 1. The van der Waals surface area contributed by atoms with Crippen LogP contribution in [0.2, 0.25) is 0 Å². The second kappa shape index (κ2) is 7.45. The van der Waals surface area contributed by atoms with Crippen molar-refractivity contribution >= 4 is 28.4 Å². The van der Waals surface area contributed by atoms with Crippen molar-refractivity contribution in [1.29, 1.82) is 5.26 Å². The van der Waals surface area contributed by atoms with Gasteiger partial charge in [-0.2, -0.15) is 10.4 Å². The Morgan fingerprint density at radius 1 is 1.22 bits per heavy atom. The molecule has 0 radical (unpaired) electrons. The molecule has 0 aromatic carbocycles. The Hall–Kier alpha value is -3.18. The maximum Gasteiger partial charge on any atom is 0.153 e. The highest BCUT2D eigenvalue weighted by molar-refractivity contribution is 5.91. The van der Waals surface area contributed by atoms with Crippen LogP contribution in [0, 0.1) is 24.2 Å². The summed E-state index contributed by atoms with van der Waals surface area (Å²) < 4.78 is 0. The van der Waals surface area contributed by atoms with E-state index in [0.29, 0.717) is 18.5 Å². The number of rotatable bonds is 6. The number of aromatic nitrogens is 4. The summed E-state index contributed by atoms with van der Waals surface area (Å²) in [6, 6.07) is 11.5. The summed E-state index contributed by atoms with van der Waals surface area (Å²) in [5.41, 5.74) is 1.98. The molecule has 32 heavy (non-hydrogen) atoms. The number of piperidine rings is 2. The van der Waals surface area contributed by atoms with Crippen LogP contribution in [0.4, 0.5) is 17.5 Å². The first kappa shape index (κ1) is 19.5. The second-order valence-electron chi connectivity index (χ2n) is 9.80. The number of aromatic amines is 1. The second-order valence-corrected chi connectivity index (χ2v) is 9.80. The van der Waals surface area contributed by atoms with Gasteiger partial charge in [-0.05, 0) is 57.1 Å². The molecule has 164 valence electrons. The molecule has 2 saturated carbocycles. The molecule has 2 saturated heterocycles. The maximum atomic E-state index is 9.08. The Kier molecular flexibility index (Phi) is 4.54. The minimum absolute atomic E-state index is 0.0664. The average Bonchev–Trinajstić information content (AvgIpc) is 3.17. The van der Waals surface area contributed by atoms with Gasteiger partial charge >= 0.3 is 0 Å². The highest BCUT2D eigenvalue weighted by atomic mass is 15.3. The van der Waals surface area contributed by atoms with Gasteiger partial charge in [0.15, 0.2) is 5.82 Å². The topological polar surface area (TPSA) is 106 Å². The van der Waals surface area contributed by atoms with Gasteiger partial charge in [0.05, 0.1) is 11.6 Å². The number of hydrogen-bond donors (Lipinski definition) is 3.